The number of amides is 2. The van der Waals surface area contributed by atoms with Crippen LogP contribution in [0.15, 0.2) is 36.4 Å². The number of hydrogen-bond donors (Lipinski definition) is 2. The first kappa shape index (κ1) is 19.3. The van der Waals surface area contributed by atoms with Crippen LogP contribution in [0.3, 0.4) is 0 Å². The Bertz CT molecular complexity index is 848. The molecule has 0 unspecified atom stereocenters. The summed E-state index contributed by atoms with van der Waals surface area (Å²) in [6.45, 7) is 2.94. The molecule has 0 bridgehead atoms. The molecule has 0 spiro atoms. The van der Waals surface area contributed by atoms with Gasteiger partial charge in [-0.25, -0.2) is 0 Å². The molecule has 0 saturated heterocycles. The fourth-order valence-corrected chi connectivity index (χ4v) is 2.36. The Hall–Kier alpha value is -3.03. The molecule has 0 atom stereocenters. The zero-order chi connectivity index (χ0) is 19.5. The summed E-state index contributed by atoms with van der Waals surface area (Å²) in [6.07, 6.45) is -4.71. The van der Waals surface area contributed by atoms with Crippen LogP contribution in [0.25, 0.3) is 0 Å². The summed E-state index contributed by atoms with van der Waals surface area (Å²) in [5.41, 5.74) is -0.626. The van der Waals surface area contributed by atoms with Gasteiger partial charge in [0.1, 0.15) is 5.75 Å². The third-order valence-electron chi connectivity index (χ3n) is 3.49. The van der Waals surface area contributed by atoms with Crippen LogP contribution >= 0.6 is 0 Å². The van der Waals surface area contributed by atoms with E-state index < -0.39 is 29.2 Å². The molecule has 0 heterocycles. The largest absolute Gasteiger partial charge is 0.496 e. The molecule has 0 saturated carbocycles. The van der Waals surface area contributed by atoms with Crippen molar-refractivity contribution in [3.8, 4) is 5.75 Å². The standard InChI is InChI=1S/C18H17F3N2O3/c1-10-4-7-16(26-3)13(8-10)17(25)23-15-6-5-12(22-11(2)24)9-14(15)18(19,20)21/h4-9H,1-3H3,(H,22,24)(H,23,25). The monoisotopic (exact) mass is 366 g/mol. The van der Waals surface area contributed by atoms with E-state index in [0.29, 0.717) is 0 Å². The van der Waals surface area contributed by atoms with Gasteiger partial charge in [0, 0.05) is 12.6 Å². The minimum absolute atomic E-state index is 0.0176. The average molecular weight is 366 g/mol. The SMILES string of the molecule is COc1ccc(C)cc1C(=O)Nc1ccc(NC(C)=O)cc1C(F)(F)F. The smallest absolute Gasteiger partial charge is 0.418 e. The van der Waals surface area contributed by atoms with Gasteiger partial charge in [0.2, 0.25) is 5.91 Å². The maximum atomic E-state index is 13.3. The van der Waals surface area contributed by atoms with Crippen molar-refractivity contribution in [3.05, 3.63) is 53.1 Å². The number of rotatable bonds is 4. The van der Waals surface area contributed by atoms with Crippen molar-refractivity contribution in [1.82, 2.24) is 0 Å². The summed E-state index contributed by atoms with van der Waals surface area (Å²) < 4.78 is 45.1. The lowest BCUT2D eigenvalue weighted by atomic mass is 10.1. The Morgan fingerprint density at radius 3 is 2.31 bits per heavy atom. The third-order valence-corrected chi connectivity index (χ3v) is 3.49. The Labute approximate surface area is 148 Å². The quantitative estimate of drug-likeness (QED) is 0.851. The molecular weight excluding hydrogens is 349 g/mol. The lowest BCUT2D eigenvalue weighted by molar-refractivity contribution is -0.137. The molecule has 2 N–H and O–H groups in total. The molecule has 8 heteroatoms. The molecule has 2 rings (SSSR count). The maximum absolute atomic E-state index is 13.3. The van der Waals surface area contributed by atoms with Gasteiger partial charge in [-0.1, -0.05) is 11.6 Å². The first-order valence-corrected chi connectivity index (χ1v) is 7.56. The van der Waals surface area contributed by atoms with Gasteiger partial charge in [0.05, 0.1) is 23.9 Å². The van der Waals surface area contributed by atoms with Gasteiger partial charge in [-0.3, -0.25) is 9.59 Å². The molecule has 5 nitrogen and oxygen atoms in total. The minimum atomic E-state index is -4.71. The van der Waals surface area contributed by atoms with Crippen LogP contribution in [0.4, 0.5) is 24.5 Å². The summed E-state index contributed by atoms with van der Waals surface area (Å²) in [4.78, 5) is 23.5. The Morgan fingerprint density at radius 2 is 1.73 bits per heavy atom. The first-order chi connectivity index (χ1) is 12.1. The molecule has 0 fully saturated rings. The number of benzene rings is 2. The Balaban J connectivity index is 2.41. The van der Waals surface area contributed by atoms with E-state index in [1.807, 2.05) is 0 Å². The highest BCUT2D eigenvalue weighted by molar-refractivity contribution is 6.07. The van der Waals surface area contributed by atoms with Gasteiger partial charge in [-0.15, -0.1) is 0 Å². The lowest BCUT2D eigenvalue weighted by Gasteiger charge is -2.16. The Kier molecular flexibility index (Phi) is 5.54. The second kappa shape index (κ2) is 7.47. The fourth-order valence-electron chi connectivity index (χ4n) is 2.36. The van der Waals surface area contributed by atoms with E-state index in [-0.39, 0.29) is 17.0 Å². The van der Waals surface area contributed by atoms with Gasteiger partial charge >= 0.3 is 6.18 Å². The number of hydrogen-bond acceptors (Lipinski definition) is 3. The zero-order valence-corrected chi connectivity index (χ0v) is 14.3. The number of carbonyl (C=O) groups excluding carboxylic acids is 2. The van der Waals surface area contributed by atoms with E-state index in [1.165, 1.54) is 26.2 Å². The van der Waals surface area contributed by atoms with Gasteiger partial charge < -0.3 is 15.4 Å². The highest BCUT2D eigenvalue weighted by atomic mass is 19.4. The van der Waals surface area contributed by atoms with Crippen LogP contribution in [0.2, 0.25) is 0 Å². The van der Waals surface area contributed by atoms with Crippen molar-refractivity contribution in [3.63, 3.8) is 0 Å². The minimum Gasteiger partial charge on any atom is -0.496 e. The summed E-state index contributed by atoms with van der Waals surface area (Å²) in [6, 6.07) is 7.94. The summed E-state index contributed by atoms with van der Waals surface area (Å²) >= 11 is 0. The average Bonchev–Trinajstić information content (AvgIpc) is 2.54. The van der Waals surface area contributed by atoms with Gasteiger partial charge in [0.15, 0.2) is 0 Å². The summed E-state index contributed by atoms with van der Waals surface area (Å²) in [5.74, 6) is -0.987. The number of anilines is 2. The molecule has 2 amide bonds. The highest BCUT2D eigenvalue weighted by Gasteiger charge is 2.34. The van der Waals surface area contributed by atoms with Crippen LogP contribution in [0.1, 0.15) is 28.4 Å². The number of carbonyl (C=O) groups is 2. The number of ether oxygens (including phenoxy) is 1. The van der Waals surface area contributed by atoms with Crippen LogP contribution in [-0.4, -0.2) is 18.9 Å². The fraction of sp³-hybridized carbons (Fsp3) is 0.222. The maximum Gasteiger partial charge on any atom is 0.418 e. The molecule has 138 valence electrons. The molecule has 0 aliphatic rings. The summed E-state index contributed by atoms with van der Waals surface area (Å²) in [5, 5.41) is 4.55. The van der Waals surface area contributed by atoms with Gasteiger partial charge in [-0.05, 0) is 37.3 Å². The Morgan fingerprint density at radius 1 is 1.04 bits per heavy atom. The predicted octanol–water partition coefficient (Wildman–Crippen LogP) is 4.23. The van der Waals surface area contributed by atoms with Crippen molar-refractivity contribution in [2.24, 2.45) is 0 Å². The second-order valence-electron chi connectivity index (χ2n) is 5.60. The van der Waals surface area contributed by atoms with E-state index in [0.717, 1.165) is 17.7 Å². The number of methoxy groups -OCH3 is 1. The molecular formula is C18H17F3N2O3. The molecule has 0 aliphatic heterocycles. The highest BCUT2D eigenvalue weighted by Crippen LogP contribution is 2.37. The normalized spacial score (nSPS) is 11.0. The van der Waals surface area contributed by atoms with E-state index in [9.17, 15) is 22.8 Å². The second-order valence-corrected chi connectivity index (χ2v) is 5.60. The van der Waals surface area contributed by atoms with Crippen LogP contribution < -0.4 is 15.4 Å². The molecule has 2 aromatic carbocycles. The third kappa shape index (κ3) is 4.53. The van der Waals surface area contributed by atoms with E-state index in [1.54, 1.807) is 19.1 Å². The number of alkyl halides is 3. The molecule has 26 heavy (non-hydrogen) atoms. The van der Waals surface area contributed by atoms with E-state index in [4.69, 9.17) is 4.74 Å². The topological polar surface area (TPSA) is 67.4 Å². The van der Waals surface area contributed by atoms with Crippen molar-refractivity contribution in [2.45, 2.75) is 20.0 Å². The van der Waals surface area contributed by atoms with E-state index >= 15 is 0 Å². The molecule has 0 aliphatic carbocycles. The molecule has 0 aromatic heterocycles. The molecule has 0 radical (unpaired) electrons. The summed E-state index contributed by atoms with van der Waals surface area (Å²) in [7, 11) is 1.37. The van der Waals surface area contributed by atoms with Gasteiger partial charge in [-0.2, -0.15) is 13.2 Å². The van der Waals surface area contributed by atoms with Crippen molar-refractivity contribution >= 4 is 23.2 Å². The molecule has 2 aromatic rings. The van der Waals surface area contributed by atoms with Crippen molar-refractivity contribution < 1.29 is 27.5 Å². The zero-order valence-electron chi connectivity index (χ0n) is 14.3. The predicted molar refractivity (Wildman–Crippen MR) is 91.4 cm³/mol. The first-order valence-electron chi connectivity index (χ1n) is 7.56. The van der Waals surface area contributed by atoms with E-state index in [2.05, 4.69) is 10.6 Å². The van der Waals surface area contributed by atoms with Crippen molar-refractivity contribution in [2.75, 3.05) is 17.7 Å². The number of aryl methyl sites for hydroxylation is 1. The van der Waals surface area contributed by atoms with Crippen LogP contribution in [0.5, 0.6) is 5.75 Å². The lowest BCUT2D eigenvalue weighted by Crippen LogP contribution is -2.18. The number of halogens is 3. The van der Waals surface area contributed by atoms with Crippen LogP contribution in [-0.2, 0) is 11.0 Å². The van der Waals surface area contributed by atoms with Crippen molar-refractivity contribution in [1.29, 1.82) is 0 Å². The number of nitrogens with one attached hydrogen (secondary N) is 2. The van der Waals surface area contributed by atoms with Crippen LogP contribution in [0, 0.1) is 6.92 Å². The van der Waals surface area contributed by atoms with Gasteiger partial charge in [0.25, 0.3) is 5.91 Å².